The summed E-state index contributed by atoms with van der Waals surface area (Å²) in [5, 5.41) is 0. The molecule has 8 aliphatic carbocycles. The van der Waals surface area contributed by atoms with Crippen LogP contribution in [0.1, 0.15) is 99.3 Å². The van der Waals surface area contributed by atoms with E-state index in [2.05, 4.69) is 97.1 Å². The smallest absolute Gasteiger partial charge is 0.118 e. The van der Waals surface area contributed by atoms with Gasteiger partial charge in [0.2, 0.25) is 0 Å². The lowest BCUT2D eigenvalue weighted by atomic mass is 9.26. The number of hydrogen-bond acceptors (Lipinski definition) is 4. The Hall–Kier alpha value is -3.92. The molecule has 8 aliphatic rings. The quantitative estimate of drug-likeness (QED) is 0.175. The third kappa shape index (κ3) is 4.57. The Morgan fingerprint density at radius 3 is 0.769 bits per heavy atom. The summed E-state index contributed by atoms with van der Waals surface area (Å²) in [5.41, 5.74) is 7.34. The van der Waals surface area contributed by atoms with Crippen molar-refractivity contribution in [3.63, 3.8) is 0 Å². The second-order valence-corrected chi connectivity index (χ2v) is 18.6. The van der Waals surface area contributed by atoms with E-state index in [0.29, 0.717) is 0 Å². The van der Waals surface area contributed by atoms with Gasteiger partial charge in [-0.05, 0) is 192 Å². The van der Waals surface area contributed by atoms with Crippen LogP contribution in [0.4, 0.5) is 0 Å². The molecule has 0 saturated heterocycles. The summed E-state index contributed by atoms with van der Waals surface area (Å²) in [6, 6.07) is 37.2. The molecule has 0 N–H and O–H groups in total. The van der Waals surface area contributed by atoms with Crippen LogP contribution < -0.4 is 18.9 Å². The van der Waals surface area contributed by atoms with Gasteiger partial charge in [0.25, 0.3) is 0 Å². The van der Waals surface area contributed by atoms with Crippen LogP contribution in [0.3, 0.4) is 0 Å². The van der Waals surface area contributed by atoms with Crippen molar-refractivity contribution in [3.8, 4) is 23.0 Å². The molecule has 8 fully saturated rings. The second kappa shape index (κ2) is 11.3. The fraction of sp³-hybridized carbons (Fsp3) is 0.500. The van der Waals surface area contributed by atoms with Crippen LogP contribution >= 0.6 is 0 Å². The van der Waals surface area contributed by atoms with Gasteiger partial charge in [-0.2, -0.15) is 0 Å². The Morgan fingerprint density at radius 2 is 0.558 bits per heavy atom. The maximum Gasteiger partial charge on any atom is 0.118 e. The molecular weight excluding hydrogens is 641 g/mol. The lowest BCUT2D eigenvalue weighted by molar-refractivity contribution is -0.224. The fourth-order valence-electron chi connectivity index (χ4n) is 15.1. The predicted octanol–water partition coefficient (Wildman–Crippen LogP) is 10.7. The molecule has 4 aromatic rings. The standard InChI is InChI=1S/C48H54O4/c1-49-39-13-5-35(6-14-39)43-21-33-22-44(27-43,36-7-15-40(50-2)16-8-36)30-47(25-33,29-43)48-26-34-23-45(31-48,37-9-17-41(51-3)18-10-37)28-46(24-34,32-48)38-11-19-42(52-4)20-12-38/h5-20,33-34H,21-32H2,1-4H3. The molecule has 4 atom stereocenters. The van der Waals surface area contributed by atoms with Gasteiger partial charge in [-0.25, -0.2) is 0 Å². The Balaban J connectivity index is 1.16. The molecule has 270 valence electrons. The minimum atomic E-state index is 0.162. The van der Waals surface area contributed by atoms with E-state index < -0.39 is 0 Å². The molecule has 4 nitrogen and oxygen atoms in total. The summed E-state index contributed by atoms with van der Waals surface area (Å²) in [6.45, 7) is 0. The van der Waals surface area contributed by atoms with E-state index >= 15 is 0 Å². The van der Waals surface area contributed by atoms with E-state index in [1.807, 2.05) is 0 Å². The summed E-state index contributed by atoms with van der Waals surface area (Å²) >= 11 is 0. The van der Waals surface area contributed by atoms with Gasteiger partial charge in [0, 0.05) is 0 Å². The minimum absolute atomic E-state index is 0.162. The normalized spacial score (nSPS) is 37.9. The van der Waals surface area contributed by atoms with Gasteiger partial charge in [-0.15, -0.1) is 0 Å². The highest BCUT2D eigenvalue weighted by molar-refractivity contribution is 5.46. The van der Waals surface area contributed by atoms with Gasteiger partial charge in [0.15, 0.2) is 0 Å². The molecule has 0 heterocycles. The maximum atomic E-state index is 5.69. The summed E-state index contributed by atoms with van der Waals surface area (Å²) < 4.78 is 22.8. The van der Waals surface area contributed by atoms with Crippen molar-refractivity contribution >= 4 is 0 Å². The number of rotatable bonds is 9. The molecule has 8 saturated carbocycles. The highest BCUT2D eigenvalue weighted by Gasteiger charge is 2.74. The zero-order valence-electron chi connectivity index (χ0n) is 31.5. The lowest BCUT2D eigenvalue weighted by Gasteiger charge is -2.77. The Labute approximate surface area is 310 Å². The van der Waals surface area contributed by atoms with E-state index in [1.165, 1.54) is 77.0 Å². The van der Waals surface area contributed by atoms with Crippen molar-refractivity contribution in [2.45, 2.75) is 98.7 Å². The van der Waals surface area contributed by atoms with Gasteiger partial charge in [-0.1, -0.05) is 48.5 Å². The van der Waals surface area contributed by atoms with Gasteiger partial charge in [0.05, 0.1) is 28.4 Å². The number of hydrogen-bond donors (Lipinski definition) is 0. The van der Waals surface area contributed by atoms with Gasteiger partial charge in [-0.3, -0.25) is 0 Å². The van der Waals surface area contributed by atoms with E-state index in [1.54, 1.807) is 50.7 Å². The topological polar surface area (TPSA) is 36.9 Å². The van der Waals surface area contributed by atoms with E-state index in [-0.39, 0.29) is 32.5 Å². The molecule has 4 unspecified atom stereocenters. The Kier molecular flexibility index (Phi) is 7.10. The molecule has 12 rings (SSSR count). The molecule has 8 bridgehead atoms. The molecule has 52 heavy (non-hydrogen) atoms. The van der Waals surface area contributed by atoms with Crippen LogP contribution in [0.2, 0.25) is 0 Å². The SMILES string of the molecule is COc1ccc(C23CC4CC(c5ccc(OC)cc5)(C2)CC(C25CC6CC(c7ccc(OC)cc7)(CC(c7ccc(OC)cc7)(C6)C2)C5)(C4)C3)cc1. The molecular formula is C48H54O4. The zero-order valence-corrected chi connectivity index (χ0v) is 31.5. The van der Waals surface area contributed by atoms with E-state index in [4.69, 9.17) is 18.9 Å². The average molecular weight is 695 g/mol. The van der Waals surface area contributed by atoms with E-state index in [9.17, 15) is 0 Å². The van der Waals surface area contributed by atoms with Crippen molar-refractivity contribution in [1.29, 1.82) is 0 Å². The lowest BCUT2D eigenvalue weighted by Crippen LogP contribution is -2.70. The zero-order chi connectivity index (χ0) is 35.4. The van der Waals surface area contributed by atoms with Gasteiger partial charge in [0.1, 0.15) is 23.0 Å². The first-order valence-corrected chi connectivity index (χ1v) is 19.8. The minimum Gasteiger partial charge on any atom is -0.497 e. The van der Waals surface area contributed by atoms with Crippen molar-refractivity contribution in [1.82, 2.24) is 0 Å². The number of benzene rings is 4. The predicted molar refractivity (Wildman–Crippen MR) is 206 cm³/mol. The highest BCUT2D eigenvalue weighted by Crippen LogP contribution is 2.82. The van der Waals surface area contributed by atoms with Crippen LogP contribution in [0.15, 0.2) is 97.1 Å². The molecule has 0 aliphatic heterocycles. The third-order valence-corrected chi connectivity index (χ3v) is 16.1. The monoisotopic (exact) mass is 694 g/mol. The first-order chi connectivity index (χ1) is 25.2. The highest BCUT2D eigenvalue weighted by atomic mass is 16.5. The Morgan fingerprint density at radius 1 is 0.327 bits per heavy atom. The van der Waals surface area contributed by atoms with Gasteiger partial charge >= 0.3 is 0 Å². The third-order valence-electron chi connectivity index (χ3n) is 16.1. The summed E-state index contributed by atoms with van der Waals surface area (Å²) in [4.78, 5) is 0. The first-order valence-electron chi connectivity index (χ1n) is 19.8. The summed E-state index contributed by atoms with van der Waals surface area (Å²) in [5.74, 6) is 5.27. The number of ether oxygens (including phenoxy) is 4. The molecule has 4 heteroatoms. The van der Waals surface area contributed by atoms with Crippen LogP contribution in [0.25, 0.3) is 0 Å². The van der Waals surface area contributed by atoms with Crippen molar-refractivity contribution < 1.29 is 18.9 Å². The fourth-order valence-corrected chi connectivity index (χ4v) is 15.1. The number of methoxy groups -OCH3 is 4. The molecule has 4 aromatic carbocycles. The van der Waals surface area contributed by atoms with Crippen LogP contribution in [0.5, 0.6) is 23.0 Å². The largest absolute Gasteiger partial charge is 0.497 e. The van der Waals surface area contributed by atoms with Gasteiger partial charge < -0.3 is 18.9 Å². The summed E-state index contributed by atoms with van der Waals surface area (Å²) in [7, 11) is 7.16. The molecule has 0 aromatic heterocycles. The van der Waals surface area contributed by atoms with E-state index in [0.717, 1.165) is 34.8 Å². The van der Waals surface area contributed by atoms with Crippen LogP contribution in [0, 0.1) is 22.7 Å². The average Bonchev–Trinajstić information content (AvgIpc) is 3.17. The molecule has 0 amide bonds. The summed E-state index contributed by atoms with van der Waals surface area (Å²) in [6.07, 6.45) is 15.7. The van der Waals surface area contributed by atoms with Crippen molar-refractivity contribution in [3.05, 3.63) is 119 Å². The van der Waals surface area contributed by atoms with Crippen molar-refractivity contribution in [2.24, 2.45) is 22.7 Å². The molecule has 0 spiro atoms. The van der Waals surface area contributed by atoms with Crippen molar-refractivity contribution in [2.75, 3.05) is 28.4 Å². The first kappa shape index (κ1) is 32.7. The second-order valence-electron chi connectivity index (χ2n) is 18.6. The maximum absolute atomic E-state index is 5.69. The van der Waals surface area contributed by atoms with Crippen LogP contribution in [-0.2, 0) is 21.7 Å². The van der Waals surface area contributed by atoms with Crippen LogP contribution in [-0.4, -0.2) is 28.4 Å². The Bertz CT molecular complexity index is 1690. The molecule has 0 radical (unpaired) electrons.